The summed E-state index contributed by atoms with van der Waals surface area (Å²) >= 11 is 0. The van der Waals surface area contributed by atoms with Crippen LogP contribution in [0.1, 0.15) is 23.7 Å². The monoisotopic (exact) mass is 263 g/mol. The lowest BCUT2D eigenvalue weighted by Gasteiger charge is -2.14. The van der Waals surface area contributed by atoms with E-state index in [-0.39, 0.29) is 12.3 Å². The maximum absolute atomic E-state index is 12.0. The maximum atomic E-state index is 12.0. The van der Waals surface area contributed by atoms with E-state index >= 15 is 0 Å². The molecule has 0 aliphatic rings. The van der Waals surface area contributed by atoms with Crippen molar-refractivity contribution in [2.75, 3.05) is 6.61 Å². The Labute approximate surface area is 111 Å². The Balaban J connectivity index is 2.75. The predicted molar refractivity (Wildman–Crippen MR) is 71.3 cm³/mol. The summed E-state index contributed by atoms with van der Waals surface area (Å²) in [4.78, 5) is 22.6. The molecule has 1 unspecified atom stereocenters. The van der Waals surface area contributed by atoms with Crippen LogP contribution < -0.4 is 10.1 Å². The van der Waals surface area contributed by atoms with Gasteiger partial charge in [-0.1, -0.05) is 24.8 Å². The first-order chi connectivity index (χ1) is 9.04. The minimum atomic E-state index is -0.955. The molecule has 0 radical (unpaired) electrons. The molecule has 0 saturated heterocycles. The number of aliphatic carboxylic acids is 1. The molecule has 1 atom stereocenters. The summed E-state index contributed by atoms with van der Waals surface area (Å²) in [6, 6.07) is 6.34. The van der Waals surface area contributed by atoms with Crippen molar-refractivity contribution in [1.82, 2.24) is 5.32 Å². The summed E-state index contributed by atoms with van der Waals surface area (Å²) in [7, 11) is 0. The number of amides is 1. The van der Waals surface area contributed by atoms with Gasteiger partial charge in [-0.2, -0.15) is 0 Å². The van der Waals surface area contributed by atoms with Crippen molar-refractivity contribution in [2.45, 2.75) is 19.4 Å². The number of carboxylic acids is 1. The standard InChI is InChI=1S/C14H17NO4/c1-3-8-19-12-7-5-4-6-11(12)14(18)15-10(2)9-13(16)17/h3-7,10H,1,8-9H2,2H3,(H,15,18)(H,16,17). The van der Waals surface area contributed by atoms with Crippen molar-refractivity contribution in [3.63, 3.8) is 0 Å². The smallest absolute Gasteiger partial charge is 0.305 e. The van der Waals surface area contributed by atoms with Gasteiger partial charge in [-0.3, -0.25) is 9.59 Å². The van der Waals surface area contributed by atoms with E-state index in [9.17, 15) is 9.59 Å². The number of ether oxygens (including phenoxy) is 1. The van der Waals surface area contributed by atoms with Crippen LogP contribution in [-0.4, -0.2) is 29.6 Å². The van der Waals surface area contributed by atoms with Crippen LogP contribution in [0.15, 0.2) is 36.9 Å². The van der Waals surface area contributed by atoms with Gasteiger partial charge in [0.2, 0.25) is 0 Å². The Morgan fingerprint density at radius 1 is 1.47 bits per heavy atom. The van der Waals surface area contributed by atoms with Crippen LogP contribution in [0.25, 0.3) is 0 Å². The van der Waals surface area contributed by atoms with Gasteiger partial charge in [-0.15, -0.1) is 0 Å². The topological polar surface area (TPSA) is 75.6 Å². The van der Waals surface area contributed by atoms with E-state index in [4.69, 9.17) is 9.84 Å². The van der Waals surface area contributed by atoms with Crippen molar-refractivity contribution in [3.8, 4) is 5.75 Å². The molecule has 0 aliphatic carbocycles. The fourth-order valence-corrected chi connectivity index (χ4v) is 1.54. The van der Waals surface area contributed by atoms with Crippen molar-refractivity contribution in [2.24, 2.45) is 0 Å². The molecular weight excluding hydrogens is 246 g/mol. The molecule has 0 spiro atoms. The summed E-state index contributed by atoms with van der Waals surface area (Å²) in [5.41, 5.74) is 0.376. The normalized spacial score (nSPS) is 11.4. The molecule has 19 heavy (non-hydrogen) atoms. The molecule has 5 heteroatoms. The van der Waals surface area contributed by atoms with Crippen molar-refractivity contribution in [1.29, 1.82) is 0 Å². The third kappa shape index (κ3) is 4.83. The summed E-state index contributed by atoms with van der Waals surface area (Å²) in [6.45, 7) is 5.48. The molecule has 0 saturated carbocycles. The zero-order chi connectivity index (χ0) is 14.3. The fourth-order valence-electron chi connectivity index (χ4n) is 1.54. The summed E-state index contributed by atoms with van der Waals surface area (Å²) in [5.74, 6) is -0.861. The molecule has 1 amide bonds. The van der Waals surface area contributed by atoms with Crippen LogP contribution >= 0.6 is 0 Å². The second-order valence-electron chi connectivity index (χ2n) is 4.07. The number of carboxylic acid groups (broad SMARTS) is 1. The van der Waals surface area contributed by atoms with E-state index in [1.807, 2.05) is 0 Å². The van der Waals surface area contributed by atoms with Gasteiger partial charge in [0.1, 0.15) is 12.4 Å². The lowest BCUT2D eigenvalue weighted by molar-refractivity contribution is -0.137. The van der Waals surface area contributed by atoms with Crippen molar-refractivity contribution < 1.29 is 19.4 Å². The molecule has 0 fully saturated rings. The highest BCUT2D eigenvalue weighted by atomic mass is 16.5. The van der Waals surface area contributed by atoms with Gasteiger partial charge in [0, 0.05) is 6.04 Å². The fraction of sp³-hybridized carbons (Fsp3) is 0.286. The predicted octanol–water partition coefficient (Wildman–Crippen LogP) is 1.84. The second kappa shape index (κ2) is 7.20. The first-order valence-electron chi connectivity index (χ1n) is 5.90. The van der Waals surface area contributed by atoms with Crippen LogP contribution in [0.3, 0.4) is 0 Å². The number of rotatable bonds is 7. The molecule has 0 bridgehead atoms. The lowest BCUT2D eigenvalue weighted by atomic mass is 10.1. The first kappa shape index (κ1) is 14.8. The molecular formula is C14H17NO4. The van der Waals surface area contributed by atoms with Crippen LogP contribution in [-0.2, 0) is 4.79 Å². The second-order valence-corrected chi connectivity index (χ2v) is 4.07. The average molecular weight is 263 g/mol. The number of nitrogens with one attached hydrogen (secondary N) is 1. The van der Waals surface area contributed by atoms with Gasteiger partial charge in [0.15, 0.2) is 0 Å². The Morgan fingerprint density at radius 3 is 2.79 bits per heavy atom. The molecule has 102 valence electrons. The Hall–Kier alpha value is -2.30. The van der Waals surface area contributed by atoms with Crippen LogP contribution in [0.4, 0.5) is 0 Å². The van der Waals surface area contributed by atoms with Gasteiger partial charge in [-0.05, 0) is 19.1 Å². The Bertz CT molecular complexity index is 470. The van der Waals surface area contributed by atoms with E-state index in [0.29, 0.717) is 17.9 Å². The third-order valence-electron chi connectivity index (χ3n) is 2.35. The molecule has 0 heterocycles. The number of hydrogen-bond donors (Lipinski definition) is 2. The van der Waals surface area contributed by atoms with Crippen LogP contribution in [0.5, 0.6) is 5.75 Å². The minimum Gasteiger partial charge on any atom is -0.489 e. The summed E-state index contributed by atoms with van der Waals surface area (Å²) in [5, 5.41) is 11.3. The number of benzene rings is 1. The molecule has 1 rings (SSSR count). The Kier molecular flexibility index (Phi) is 5.60. The Morgan fingerprint density at radius 2 is 2.16 bits per heavy atom. The van der Waals surface area contributed by atoms with E-state index in [0.717, 1.165) is 0 Å². The number of para-hydroxylation sites is 1. The molecule has 0 aromatic heterocycles. The number of carbonyl (C=O) groups is 2. The average Bonchev–Trinajstić information content (AvgIpc) is 2.35. The highest BCUT2D eigenvalue weighted by molar-refractivity contribution is 5.97. The summed E-state index contributed by atoms with van der Waals surface area (Å²) < 4.78 is 5.37. The van der Waals surface area contributed by atoms with E-state index < -0.39 is 12.0 Å². The quantitative estimate of drug-likeness (QED) is 0.736. The molecule has 0 aliphatic heterocycles. The van der Waals surface area contributed by atoms with Crippen molar-refractivity contribution >= 4 is 11.9 Å². The van der Waals surface area contributed by atoms with Gasteiger partial charge < -0.3 is 15.2 Å². The molecule has 5 nitrogen and oxygen atoms in total. The SMILES string of the molecule is C=CCOc1ccccc1C(=O)NC(C)CC(=O)O. The van der Waals surface area contributed by atoms with Gasteiger partial charge in [0.05, 0.1) is 12.0 Å². The summed E-state index contributed by atoms with van der Waals surface area (Å²) in [6.07, 6.45) is 1.46. The van der Waals surface area contributed by atoms with E-state index in [2.05, 4.69) is 11.9 Å². The number of carbonyl (C=O) groups excluding carboxylic acids is 1. The van der Waals surface area contributed by atoms with E-state index in [1.54, 1.807) is 37.3 Å². The van der Waals surface area contributed by atoms with Gasteiger partial charge >= 0.3 is 5.97 Å². The highest BCUT2D eigenvalue weighted by Gasteiger charge is 2.15. The zero-order valence-electron chi connectivity index (χ0n) is 10.8. The minimum absolute atomic E-state index is 0.124. The maximum Gasteiger partial charge on any atom is 0.305 e. The molecule has 1 aromatic carbocycles. The molecule has 1 aromatic rings. The lowest BCUT2D eigenvalue weighted by Crippen LogP contribution is -2.34. The molecule has 2 N–H and O–H groups in total. The van der Waals surface area contributed by atoms with Gasteiger partial charge in [-0.25, -0.2) is 0 Å². The largest absolute Gasteiger partial charge is 0.489 e. The third-order valence-corrected chi connectivity index (χ3v) is 2.35. The number of hydrogen-bond acceptors (Lipinski definition) is 3. The van der Waals surface area contributed by atoms with E-state index in [1.165, 1.54) is 0 Å². The van der Waals surface area contributed by atoms with Crippen LogP contribution in [0, 0.1) is 0 Å². The van der Waals surface area contributed by atoms with Gasteiger partial charge in [0.25, 0.3) is 5.91 Å². The zero-order valence-corrected chi connectivity index (χ0v) is 10.8. The first-order valence-corrected chi connectivity index (χ1v) is 5.90. The van der Waals surface area contributed by atoms with Crippen LogP contribution in [0.2, 0.25) is 0 Å². The highest BCUT2D eigenvalue weighted by Crippen LogP contribution is 2.18. The van der Waals surface area contributed by atoms with Crippen molar-refractivity contribution in [3.05, 3.63) is 42.5 Å².